The number of hydrogen-bond donors (Lipinski definition) is 1. The van der Waals surface area contributed by atoms with E-state index in [1.165, 1.54) is 6.07 Å². The lowest BCUT2D eigenvalue weighted by Crippen LogP contribution is -2.20. The number of alkyl halides is 2. The highest BCUT2D eigenvalue weighted by atomic mass is 19.3. The van der Waals surface area contributed by atoms with Crippen LogP contribution >= 0.6 is 0 Å². The Balaban J connectivity index is 2.27. The zero-order valence-electron chi connectivity index (χ0n) is 10.0. The Morgan fingerprint density at radius 1 is 1.37 bits per heavy atom. The predicted molar refractivity (Wildman–Crippen MR) is 62.7 cm³/mol. The van der Waals surface area contributed by atoms with Crippen LogP contribution in [0.1, 0.15) is 24.3 Å². The van der Waals surface area contributed by atoms with Gasteiger partial charge in [-0.15, -0.1) is 0 Å². The van der Waals surface area contributed by atoms with E-state index >= 15 is 0 Å². The Hall–Kier alpha value is -1.98. The smallest absolute Gasteiger partial charge is 0.387 e. The van der Waals surface area contributed by atoms with Gasteiger partial charge < -0.3 is 10.5 Å². The summed E-state index contributed by atoms with van der Waals surface area (Å²) in [5, 5.41) is 0. The minimum absolute atomic E-state index is 0.0269. The fourth-order valence-electron chi connectivity index (χ4n) is 2.37. The summed E-state index contributed by atoms with van der Waals surface area (Å²) < 4.78 is 29.0. The fourth-order valence-corrected chi connectivity index (χ4v) is 2.37. The minimum atomic E-state index is -2.95. The van der Waals surface area contributed by atoms with Crippen LogP contribution in [-0.4, -0.2) is 18.3 Å². The molecule has 1 saturated carbocycles. The van der Waals surface area contributed by atoms with Crippen molar-refractivity contribution >= 4 is 11.7 Å². The van der Waals surface area contributed by atoms with Crippen molar-refractivity contribution in [1.29, 1.82) is 0 Å². The van der Waals surface area contributed by atoms with Gasteiger partial charge in [-0.2, -0.15) is 8.78 Å². The Bertz CT molecular complexity index is 504. The first-order valence-electron chi connectivity index (χ1n) is 5.84. The van der Waals surface area contributed by atoms with E-state index in [2.05, 4.69) is 4.74 Å². The molecule has 4 nitrogen and oxygen atoms in total. The molecule has 0 heterocycles. The number of hydrogen-bond acceptors (Lipinski definition) is 3. The number of primary amides is 1. The molecule has 19 heavy (non-hydrogen) atoms. The number of carbonyl (C=O) groups excluding carboxylic acids is 2. The molecule has 1 aromatic rings. The van der Waals surface area contributed by atoms with Crippen molar-refractivity contribution in [3.63, 3.8) is 0 Å². The van der Waals surface area contributed by atoms with Gasteiger partial charge in [0.25, 0.3) is 0 Å². The maximum atomic E-state index is 12.3. The number of ether oxygens (including phenoxy) is 1. The summed E-state index contributed by atoms with van der Waals surface area (Å²) in [6.07, 6.45) is 0.306. The maximum absolute atomic E-state index is 12.3. The third kappa shape index (κ3) is 2.89. The van der Waals surface area contributed by atoms with Crippen molar-refractivity contribution in [2.75, 3.05) is 0 Å². The van der Waals surface area contributed by atoms with Gasteiger partial charge in [-0.05, 0) is 12.5 Å². The van der Waals surface area contributed by atoms with Crippen LogP contribution < -0.4 is 10.5 Å². The molecule has 1 fully saturated rings. The van der Waals surface area contributed by atoms with E-state index in [-0.39, 0.29) is 24.4 Å². The first-order chi connectivity index (χ1) is 8.99. The standard InChI is InChI=1S/C13H13F2NO3/c14-13(15)19-11-4-2-1-3-8(11)9-5-7(12(16)18)6-10(9)17/h1-4,7,9,13H,5-6H2,(H2,16,18)/t7-,9+/m0/s1. The molecule has 1 aromatic carbocycles. The molecule has 1 aliphatic rings. The van der Waals surface area contributed by atoms with E-state index in [1.54, 1.807) is 18.2 Å². The largest absolute Gasteiger partial charge is 0.435 e. The molecule has 0 aliphatic heterocycles. The highest BCUT2D eigenvalue weighted by Gasteiger charge is 2.37. The summed E-state index contributed by atoms with van der Waals surface area (Å²) in [7, 11) is 0. The van der Waals surface area contributed by atoms with Gasteiger partial charge in [0.05, 0.1) is 0 Å². The second kappa shape index (κ2) is 5.34. The lowest BCUT2D eigenvalue weighted by molar-refractivity contribution is -0.124. The second-order valence-electron chi connectivity index (χ2n) is 4.47. The topological polar surface area (TPSA) is 69.4 Å². The second-order valence-corrected chi connectivity index (χ2v) is 4.47. The summed E-state index contributed by atoms with van der Waals surface area (Å²) >= 11 is 0. The predicted octanol–water partition coefficient (Wildman–Crippen LogP) is 1.84. The van der Waals surface area contributed by atoms with Crippen LogP contribution in [0.3, 0.4) is 0 Å². The molecule has 1 aliphatic carbocycles. The van der Waals surface area contributed by atoms with Gasteiger partial charge in [0.1, 0.15) is 11.5 Å². The lowest BCUT2D eigenvalue weighted by Gasteiger charge is -2.14. The fraction of sp³-hybridized carbons (Fsp3) is 0.385. The Morgan fingerprint density at radius 2 is 2.05 bits per heavy atom. The van der Waals surface area contributed by atoms with Crippen molar-refractivity contribution in [1.82, 2.24) is 0 Å². The quantitative estimate of drug-likeness (QED) is 0.906. The molecule has 1 amide bonds. The van der Waals surface area contributed by atoms with Crippen LogP contribution in [0.5, 0.6) is 5.75 Å². The number of halogens is 2. The van der Waals surface area contributed by atoms with Crippen LogP contribution in [0.25, 0.3) is 0 Å². The van der Waals surface area contributed by atoms with Crippen LogP contribution in [-0.2, 0) is 9.59 Å². The average Bonchev–Trinajstić information content (AvgIpc) is 2.71. The van der Waals surface area contributed by atoms with Gasteiger partial charge in [0, 0.05) is 23.8 Å². The molecule has 6 heteroatoms. The van der Waals surface area contributed by atoms with E-state index in [0.29, 0.717) is 5.56 Å². The maximum Gasteiger partial charge on any atom is 0.387 e. The van der Waals surface area contributed by atoms with Crippen LogP contribution in [0, 0.1) is 5.92 Å². The zero-order chi connectivity index (χ0) is 14.0. The molecule has 0 spiro atoms. The summed E-state index contributed by atoms with van der Waals surface area (Å²) in [5.41, 5.74) is 5.56. The van der Waals surface area contributed by atoms with Crippen molar-refractivity contribution in [2.45, 2.75) is 25.4 Å². The van der Waals surface area contributed by atoms with E-state index in [0.717, 1.165) is 0 Å². The van der Waals surface area contributed by atoms with Crippen molar-refractivity contribution in [3.05, 3.63) is 29.8 Å². The number of benzene rings is 1. The van der Waals surface area contributed by atoms with Crippen molar-refractivity contribution in [2.24, 2.45) is 11.7 Å². The SMILES string of the molecule is NC(=O)[C@@H]1CC(=O)[C@@H](c2ccccc2OC(F)F)C1. The molecule has 0 radical (unpaired) electrons. The molecular weight excluding hydrogens is 256 g/mol. The van der Waals surface area contributed by atoms with Crippen molar-refractivity contribution in [3.8, 4) is 5.75 Å². The van der Waals surface area contributed by atoms with E-state index in [1.807, 2.05) is 0 Å². The van der Waals surface area contributed by atoms with Crippen LogP contribution in [0.2, 0.25) is 0 Å². The molecule has 2 N–H and O–H groups in total. The summed E-state index contributed by atoms with van der Waals surface area (Å²) in [4.78, 5) is 23.0. The van der Waals surface area contributed by atoms with Crippen LogP contribution in [0.4, 0.5) is 8.78 Å². The lowest BCUT2D eigenvalue weighted by atomic mass is 9.94. The number of nitrogens with two attached hydrogens (primary N) is 1. The van der Waals surface area contributed by atoms with Crippen LogP contribution in [0.15, 0.2) is 24.3 Å². The molecule has 0 unspecified atom stereocenters. The van der Waals surface area contributed by atoms with Crippen molar-refractivity contribution < 1.29 is 23.1 Å². The average molecular weight is 269 g/mol. The molecule has 0 saturated heterocycles. The Kier molecular flexibility index (Phi) is 3.78. The number of amides is 1. The first kappa shape index (κ1) is 13.5. The molecule has 2 rings (SSSR count). The van der Waals surface area contributed by atoms with E-state index < -0.39 is 24.4 Å². The highest BCUT2D eigenvalue weighted by Crippen LogP contribution is 2.39. The number of rotatable bonds is 4. The highest BCUT2D eigenvalue weighted by molar-refractivity contribution is 5.94. The van der Waals surface area contributed by atoms with Gasteiger partial charge >= 0.3 is 6.61 Å². The summed E-state index contributed by atoms with van der Waals surface area (Å²) in [6.45, 7) is -2.95. The van der Waals surface area contributed by atoms with Gasteiger partial charge in [-0.1, -0.05) is 18.2 Å². The monoisotopic (exact) mass is 269 g/mol. The Labute approximate surface area is 108 Å². The van der Waals surface area contributed by atoms with Gasteiger partial charge in [0.2, 0.25) is 5.91 Å². The number of ketones is 1. The summed E-state index contributed by atoms with van der Waals surface area (Å²) in [6, 6.07) is 6.13. The van der Waals surface area contributed by atoms with Gasteiger partial charge in [0.15, 0.2) is 0 Å². The molecule has 2 atom stereocenters. The number of para-hydroxylation sites is 1. The molecular formula is C13H13F2NO3. The zero-order valence-corrected chi connectivity index (χ0v) is 10.0. The molecule has 102 valence electrons. The molecule has 0 bridgehead atoms. The number of Topliss-reactive ketones (excluding diaryl/α,β-unsaturated/α-hetero) is 1. The normalized spacial score (nSPS) is 22.8. The third-order valence-electron chi connectivity index (χ3n) is 3.27. The van der Waals surface area contributed by atoms with Gasteiger partial charge in [-0.3, -0.25) is 9.59 Å². The molecule has 0 aromatic heterocycles. The van der Waals surface area contributed by atoms with E-state index in [4.69, 9.17) is 5.73 Å². The van der Waals surface area contributed by atoms with E-state index in [9.17, 15) is 18.4 Å². The summed E-state index contributed by atoms with van der Waals surface area (Å²) in [5.74, 6) is -1.87. The Morgan fingerprint density at radius 3 is 2.63 bits per heavy atom. The first-order valence-corrected chi connectivity index (χ1v) is 5.84. The number of carbonyl (C=O) groups is 2. The minimum Gasteiger partial charge on any atom is -0.435 e. The van der Waals surface area contributed by atoms with Gasteiger partial charge in [-0.25, -0.2) is 0 Å². The third-order valence-corrected chi connectivity index (χ3v) is 3.27.